The fourth-order valence-electron chi connectivity index (χ4n) is 2.53. The minimum atomic E-state index is 0.135. The van der Waals surface area contributed by atoms with Crippen molar-refractivity contribution in [3.63, 3.8) is 0 Å². The Morgan fingerprint density at radius 3 is 2.24 bits per heavy atom. The van der Waals surface area contributed by atoms with Crippen LogP contribution in [-0.4, -0.2) is 24.5 Å². The molecule has 0 spiro atoms. The Morgan fingerprint density at radius 2 is 1.71 bits per heavy atom. The van der Waals surface area contributed by atoms with E-state index < -0.39 is 0 Å². The van der Waals surface area contributed by atoms with E-state index in [1.54, 1.807) is 0 Å². The van der Waals surface area contributed by atoms with Crippen molar-refractivity contribution in [3.05, 3.63) is 0 Å². The molecule has 0 aromatic heterocycles. The summed E-state index contributed by atoms with van der Waals surface area (Å²) in [7, 11) is 0. The van der Waals surface area contributed by atoms with E-state index in [-0.39, 0.29) is 5.91 Å². The van der Waals surface area contributed by atoms with E-state index in [4.69, 9.17) is 0 Å². The smallest absolute Gasteiger partial charge is 0.234 e. The lowest BCUT2D eigenvalue weighted by Gasteiger charge is -2.23. The summed E-state index contributed by atoms with van der Waals surface area (Å²) in [6.45, 7) is 6.71. The standard InChI is InChI=1S/C14H28N2O/c1-11(2)15-10-14(17)16-12(3)13-8-6-4-5-7-9-13/h11-13,15H,4-10H2,1-3H3,(H,16,17)/t12-/m1/s1. The van der Waals surface area contributed by atoms with Crippen molar-refractivity contribution in [2.75, 3.05) is 6.54 Å². The SMILES string of the molecule is CC(C)NCC(=O)N[C@H](C)C1CCCCCC1. The van der Waals surface area contributed by atoms with Crippen molar-refractivity contribution in [2.24, 2.45) is 5.92 Å². The quantitative estimate of drug-likeness (QED) is 0.725. The predicted octanol–water partition coefficient (Wildman–Crippen LogP) is 2.46. The molecular formula is C14H28N2O. The zero-order valence-electron chi connectivity index (χ0n) is 11.6. The van der Waals surface area contributed by atoms with Gasteiger partial charge in [-0.2, -0.15) is 0 Å². The van der Waals surface area contributed by atoms with Gasteiger partial charge in [-0.3, -0.25) is 4.79 Å². The Balaban J connectivity index is 2.26. The molecule has 0 aromatic carbocycles. The van der Waals surface area contributed by atoms with Gasteiger partial charge in [0.15, 0.2) is 0 Å². The van der Waals surface area contributed by atoms with Crippen molar-refractivity contribution < 1.29 is 4.79 Å². The summed E-state index contributed by atoms with van der Waals surface area (Å²) in [6, 6.07) is 0.698. The molecule has 0 heterocycles. The van der Waals surface area contributed by atoms with E-state index in [1.165, 1.54) is 38.5 Å². The summed E-state index contributed by atoms with van der Waals surface area (Å²) in [4.78, 5) is 11.7. The highest BCUT2D eigenvalue weighted by Crippen LogP contribution is 2.25. The topological polar surface area (TPSA) is 41.1 Å². The Hall–Kier alpha value is -0.570. The Labute approximate surface area is 106 Å². The Bertz CT molecular complexity index is 220. The van der Waals surface area contributed by atoms with Crippen LogP contribution in [0.4, 0.5) is 0 Å². The van der Waals surface area contributed by atoms with Gasteiger partial charge in [0.2, 0.25) is 5.91 Å². The van der Waals surface area contributed by atoms with Crippen LogP contribution in [0.5, 0.6) is 0 Å². The lowest BCUT2D eigenvalue weighted by Crippen LogP contribution is -2.43. The highest BCUT2D eigenvalue weighted by Gasteiger charge is 2.20. The number of nitrogens with one attached hydrogen (secondary N) is 2. The van der Waals surface area contributed by atoms with Crippen LogP contribution in [0.1, 0.15) is 59.3 Å². The lowest BCUT2D eigenvalue weighted by atomic mass is 9.93. The normalized spacial score (nSPS) is 20.0. The molecule has 3 nitrogen and oxygen atoms in total. The van der Waals surface area contributed by atoms with Crippen molar-refractivity contribution >= 4 is 5.91 Å². The molecule has 0 aromatic rings. The number of carbonyl (C=O) groups is 1. The third-order valence-electron chi connectivity index (χ3n) is 3.67. The second-order valence-electron chi connectivity index (χ2n) is 5.64. The van der Waals surface area contributed by atoms with Crippen LogP contribution in [0.2, 0.25) is 0 Å². The average molecular weight is 240 g/mol. The first-order valence-corrected chi connectivity index (χ1v) is 7.12. The molecule has 0 saturated heterocycles. The summed E-state index contributed by atoms with van der Waals surface area (Å²) in [5.74, 6) is 0.816. The summed E-state index contributed by atoms with van der Waals surface area (Å²) in [6.07, 6.45) is 7.94. The number of hydrogen-bond acceptors (Lipinski definition) is 2. The molecule has 100 valence electrons. The second-order valence-corrected chi connectivity index (χ2v) is 5.64. The molecule has 0 unspecified atom stereocenters. The molecule has 1 fully saturated rings. The molecular weight excluding hydrogens is 212 g/mol. The summed E-state index contributed by atoms with van der Waals surface area (Å²) in [5, 5.41) is 6.29. The summed E-state index contributed by atoms with van der Waals surface area (Å²) < 4.78 is 0. The number of amides is 1. The molecule has 0 aliphatic heterocycles. The average Bonchev–Trinajstić information content (AvgIpc) is 2.54. The van der Waals surface area contributed by atoms with Crippen molar-refractivity contribution in [1.82, 2.24) is 10.6 Å². The summed E-state index contributed by atoms with van der Waals surface area (Å²) in [5.41, 5.74) is 0. The van der Waals surface area contributed by atoms with E-state index >= 15 is 0 Å². The third-order valence-corrected chi connectivity index (χ3v) is 3.67. The lowest BCUT2D eigenvalue weighted by molar-refractivity contribution is -0.121. The minimum Gasteiger partial charge on any atom is -0.352 e. The molecule has 1 saturated carbocycles. The summed E-state index contributed by atoms with van der Waals surface area (Å²) >= 11 is 0. The fraction of sp³-hybridized carbons (Fsp3) is 0.929. The number of hydrogen-bond donors (Lipinski definition) is 2. The van der Waals surface area contributed by atoms with Gasteiger partial charge in [0, 0.05) is 12.1 Å². The monoisotopic (exact) mass is 240 g/mol. The van der Waals surface area contributed by atoms with Crippen LogP contribution in [0.25, 0.3) is 0 Å². The number of rotatable bonds is 5. The maximum Gasteiger partial charge on any atom is 0.234 e. The Kier molecular flexibility index (Phi) is 6.56. The van der Waals surface area contributed by atoms with Crippen molar-refractivity contribution in [2.45, 2.75) is 71.4 Å². The van der Waals surface area contributed by atoms with Crippen LogP contribution < -0.4 is 10.6 Å². The molecule has 1 atom stereocenters. The first-order chi connectivity index (χ1) is 8.09. The van der Waals surface area contributed by atoms with Crippen LogP contribution >= 0.6 is 0 Å². The molecule has 1 rings (SSSR count). The highest BCUT2D eigenvalue weighted by atomic mass is 16.1. The van der Waals surface area contributed by atoms with Crippen LogP contribution in [-0.2, 0) is 4.79 Å². The van der Waals surface area contributed by atoms with Gasteiger partial charge in [-0.05, 0) is 25.7 Å². The van der Waals surface area contributed by atoms with Gasteiger partial charge >= 0.3 is 0 Å². The zero-order chi connectivity index (χ0) is 12.7. The van der Waals surface area contributed by atoms with Crippen molar-refractivity contribution in [3.8, 4) is 0 Å². The predicted molar refractivity (Wildman–Crippen MR) is 71.9 cm³/mol. The van der Waals surface area contributed by atoms with Gasteiger partial charge in [-0.1, -0.05) is 39.5 Å². The van der Waals surface area contributed by atoms with Gasteiger partial charge in [0.25, 0.3) is 0 Å². The second kappa shape index (κ2) is 7.70. The zero-order valence-corrected chi connectivity index (χ0v) is 11.6. The van der Waals surface area contributed by atoms with E-state index in [0.29, 0.717) is 24.5 Å². The van der Waals surface area contributed by atoms with E-state index in [1.807, 2.05) is 0 Å². The molecule has 2 N–H and O–H groups in total. The Morgan fingerprint density at radius 1 is 1.12 bits per heavy atom. The molecule has 1 aliphatic carbocycles. The van der Waals surface area contributed by atoms with Crippen LogP contribution in [0.3, 0.4) is 0 Å². The number of carbonyl (C=O) groups excluding carboxylic acids is 1. The largest absolute Gasteiger partial charge is 0.352 e. The molecule has 1 aliphatic rings. The minimum absolute atomic E-state index is 0.135. The van der Waals surface area contributed by atoms with Crippen molar-refractivity contribution in [1.29, 1.82) is 0 Å². The maximum absolute atomic E-state index is 11.7. The molecule has 0 radical (unpaired) electrons. The fourth-order valence-corrected chi connectivity index (χ4v) is 2.53. The molecule has 0 bridgehead atoms. The first-order valence-electron chi connectivity index (χ1n) is 7.12. The van der Waals surface area contributed by atoms with Gasteiger partial charge in [-0.25, -0.2) is 0 Å². The molecule has 17 heavy (non-hydrogen) atoms. The third kappa shape index (κ3) is 6.06. The molecule has 3 heteroatoms. The van der Waals surface area contributed by atoms with Gasteiger partial charge in [0.1, 0.15) is 0 Å². The van der Waals surface area contributed by atoms with E-state index in [9.17, 15) is 4.79 Å². The van der Waals surface area contributed by atoms with E-state index in [2.05, 4.69) is 31.4 Å². The van der Waals surface area contributed by atoms with Crippen LogP contribution in [0, 0.1) is 5.92 Å². The van der Waals surface area contributed by atoms with Gasteiger partial charge in [-0.15, -0.1) is 0 Å². The molecule has 1 amide bonds. The van der Waals surface area contributed by atoms with Gasteiger partial charge < -0.3 is 10.6 Å². The van der Waals surface area contributed by atoms with Gasteiger partial charge in [0.05, 0.1) is 6.54 Å². The highest BCUT2D eigenvalue weighted by molar-refractivity contribution is 5.78. The van der Waals surface area contributed by atoms with Crippen LogP contribution in [0.15, 0.2) is 0 Å². The van der Waals surface area contributed by atoms with E-state index in [0.717, 1.165) is 0 Å². The maximum atomic E-state index is 11.7. The first kappa shape index (κ1) is 14.5.